The van der Waals surface area contributed by atoms with Crippen molar-refractivity contribution in [3.63, 3.8) is 0 Å². The number of rotatable bonds is 1. The van der Waals surface area contributed by atoms with E-state index in [1.807, 2.05) is 0 Å². The van der Waals surface area contributed by atoms with Gasteiger partial charge in [-0.05, 0) is 62.0 Å². The van der Waals surface area contributed by atoms with Crippen LogP contribution in [0.1, 0.15) is 42.8 Å². The van der Waals surface area contributed by atoms with Crippen LogP contribution in [0, 0.1) is 19.8 Å². The van der Waals surface area contributed by atoms with E-state index < -0.39 is 0 Å². The molecule has 1 aliphatic heterocycles. The van der Waals surface area contributed by atoms with Crippen molar-refractivity contribution in [2.75, 3.05) is 0 Å². The molecule has 2 aliphatic carbocycles. The van der Waals surface area contributed by atoms with Crippen molar-refractivity contribution in [3.05, 3.63) is 82.9 Å². The maximum atomic E-state index is 2.60. The first-order chi connectivity index (χ1) is 13.1. The van der Waals surface area contributed by atoms with Gasteiger partial charge >= 0.3 is 0 Å². The van der Waals surface area contributed by atoms with Gasteiger partial charge < -0.3 is 0 Å². The lowest BCUT2D eigenvalue weighted by Crippen LogP contribution is -2.37. The zero-order chi connectivity index (χ0) is 18.7. The van der Waals surface area contributed by atoms with E-state index in [-0.39, 0.29) is 0 Å². The molecule has 136 valence electrons. The van der Waals surface area contributed by atoms with Crippen LogP contribution in [-0.2, 0) is 7.05 Å². The first-order valence-electron chi connectivity index (χ1n) is 10.0. The van der Waals surface area contributed by atoms with Gasteiger partial charge in [-0.1, -0.05) is 42.5 Å². The summed E-state index contributed by atoms with van der Waals surface area (Å²) in [7, 11) is 2.21. The highest BCUT2D eigenvalue weighted by molar-refractivity contribution is 5.82. The SMILES string of the molecule is CC1=CCCC2=C1c1n(c(-c3c(C)cccc3C)c[n+]1C)C1C=CC=CC21. The van der Waals surface area contributed by atoms with E-state index in [2.05, 4.69) is 91.7 Å². The third-order valence-corrected chi connectivity index (χ3v) is 6.48. The summed E-state index contributed by atoms with van der Waals surface area (Å²) in [5.74, 6) is 1.83. The number of benzene rings is 1. The molecule has 3 aliphatic rings. The predicted octanol–water partition coefficient (Wildman–Crippen LogP) is 5.39. The average molecular weight is 356 g/mol. The first-order valence-corrected chi connectivity index (χ1v) is 10.0. The fraction of sp³-hybridized carbons (Fsp3) is 0.320. The van der Waals surface area contributed by atoms with Crippen molar-refractivity contribution >= 4 is 5.57 Å². The van der Waals surface area contributed by atoms with Crippen molar-refractivity contribution in [2.45, 2.75) is 39.7 Å². The number of hydrogen-bond donors (Lipinski definition) is 0. The molecule has 2 atom stereocenters. The third kappa shape index (κ3) is 2.29. The Balaban J connectivity index is 1.86. The number of allylic oxidation sites excluding steroid dienone is 8. The Morgan fingerprint density at radius 2 is 1.78 bits per heavy atom. The monoisotopic (exact) mass is 355 g/mol. The lowest BCUT2D eigenvalue weighted by atomic mass is 9.76. The predicted molar refractivity (Wildman–Crippen MR) is 111 cm³/mol. The highest BCUT2D eigenvalue weighted by Crippen LogP contribution is 2.48. The molecular weight excluding hydrogens is 328 g/mol. The summed E-state index contributed by atoms with van der Waals surface area (Å²) >= 11 is 0. The summed E-state index contributed by atoms with van der Waals surface area (Å²) in [6, 6.07) is 6.99. The number of aromatic nitrogens is 2. The van der Waals surface area contributed by atoms with Gasteiger partial charge in [0, 0.05) is 11.5 Å². The molecule has 0 spiro atoms. The first kappa shape index (κ1) is 16.6. The molecule has 5 rings (SSSR count). The number of fused-ring (bicyclic) bond motifs is 5. The smallest absolute Gasteiger partial charge is 0.232 e. The van der Waals surface area contributed by atoms with Crippen molar-refractivity contribution in [3.8, 4) is 11.3 Å². The van der Waals surface area contributed by atoms with E-state index in [9.17, 15) is 0 Å². The molecule has 0 fully saturated rings. The molecule has 2 unspecified atom stereocenters. The summed E-state index contributed by atoms with van der Waals surface area (Å²) in [6.07, 6.45) is 16.3. The van der Waals surface area contributed by atoms with Crippen LogP contribution in [-0.4, -0.2) is 4.57 Å². The Hall–Kier alpha value is -2.61. The lowest BCUT2D eigenvalue weighted by Gasteiger charge is -2.34. The second-order valence-corrected chi connectivity index (χ2v) is 8.20. The van der Waals surface area contributed by atoms with Gasteiger partial charge in [-0.25, -0.2) is 9.13 Å². The van der Waals surface area contributed by atoms with Crippen molar-refractivity contribution < 1.29 is 4.57 Å². The van der Waals surface area contributed by atoms with Gasteiger partial charge in [0.15, 0.2) is 5.69 Å². The van der Waals surface area contributed by atoms with E-state index in [1.165, 1.54) is 52.2 Å². The minimum absolute atomic E-state index is 0.366. The molecule has 0 amide bonds. The van der Waals surface area contributed by atoms with Crippen LogP contribution in [0.2, 0.25) is 0 Å². The molecule has 0 bridgehead atoms. The van der Waals surface area contributed by atoms with E-state index >= 15 is 0 Å². The van der Waals surface area contributed by atoms with Gasteiger partial charge in [0.2, 0.25) is 0 Å². The van der Waals surface area contributed by atoms with E-state index in [4.69, 9.17) is 0 Å². The van der Waals surface area contributed by atoms with Crippen LogP contribution < -0.4 is 4.57 Å². The number of nitrogens with zero attached hydrogens (tertiary/aromatic N) is 2. The molecule has 2 heterocycles. The Kier molecular flexibility index (Phi) is 3.65. The van der Waals surface area contributed by atoms with Crippen LogP contribution >= 0.6 is 0 Å². The third-order valence-electron chi connectivity index (χ3n) is 6.48. The highest BCUT2D eigenvalue weighted by atomic mass is 15.2. The molecule has 0 radical (unpaired) electrons. The number of hydrogen-bond acceptors (Lipinski definition) is 0. The highest BCUT2D eigenvalue weighted by Gasteiger charge is 2.43. The zero-order valence-electron chi connectivity index (χ0n) is 16.7. The minimum Gasteiger partial charge on any atom is -0.232 e. The van der Waals surface area contributed by atoms with E-state index in [0.717, 1.165) is 0 Å². The average Bonchev–Trinajstić information content (AvgIpc) is 2.99. The molecular formula is C25H27N2+. The largest absolute Gasteiger partial charge is 0.289 e. The Bertz CT molecular complexity index is 1050. The zero-order valence-corrected chi connectivity index (χ0v) is 16.7. The molecule has 1 aromatic heterocycles. The molecule has 2 nitrogen and oxygen atoms in total. The molecule has 2 aromatic rings. The second-order valence-electron chi connectivity index (χ2n) is 8.20. The summed E-state index contributed by atoms with van der Waals surface area (Å²) in [5.41, 5.74) is 9.93. The standard InChI is InChI=1S/C25H27N2/c1-16-9-7-10-17(2)23(16)22-15-26(4)25-24-18(3)11-8-13-20(24)19-12-5-6-14-21(19)27(22)25/h5-7,9-12,14-15,19,21H,8,13H2,1-4H3/q+1. The summed E-state index contributed by atoms with van der Waals surface area (Å²) in [6.45, 7) is 6.75. The fourth-order valence-corrected chi connectivity index (χ4v) is 5.34. The van der Waals surface area contributed by atoms with Crippen molar-refractivity contribution in [1.82, 2.24) is 4.57 Å². The van der Waals surface area contributed by atoms with E-state index in [1.54, 1.807) is 5.57 Å². The number of aryl methyl sites for hydroxylation is 3. The topological polar surface area (TPSA) is 8.81 Å². The van der Waals surface area contributed by atoms with Crippen LogP contribution in [0.25, 0.3) is 16.8 Å². The molecule has 0 saturated heterocycles. The Morgan fingerprint density at radius 3 is 2.56 bits per heavy atom. The van der Waals surface area contributed by atoms with Gasteiger partial charge in [0.1, 0.15) is 12.2 Å². The van der Waals surface area contributed by atoms with E-state index in [0.29, 0.717) is 12.0 Å². The maximum Gasteiger partial charge on any atom is 0.289 e. The molecule has 2 heteroatoms. The van der Waals surface area contributed by atoms with Crippen LogP contribution in [0.4, 0.5) is 0 Å². The second kappa shape index (κ2) is 5.95. The van der Waals surface area contributed by atoms with Crippen LogP contribution in [0.3, 0.4) is 0 Å². The van der Waals surface area contributed by atoms with Crippen LogP contribution in [0.5, 0.6) is 0 Å². The van der Waals surface area contributed by atoms with Crippen molar-refractivity contribution in [2.24, 2.45) is 13.0 Å². The molecule has 0 N–H and O–H groups in total. The molecule has 1 aromatic carbocycles. The van der Waals surface area contributed by atoms with Crippen molar-refractivity contribution in [1.29, 1.82) is 0 Å². The lowest BCUT2D eigenvalue weighted by molar-refractivity contribution is -0.673. The van der Waals surface area contributed by atoms with Gasteiger partial charge in [-0.3, -0.25) is 0 Å². The van der Waals surface area contributed by atoms with Gasteiger partial charge in [-0.15, -0.1) is 0 Å². The molecule has 27 heavy (non-hydrogen) atoms. The van der Waals surface area contributed by atoms with Gasteiger partial charge in [0.25, 0.3) is 5.82 Å². The Labute approximate surface area is 161 Å². The Morgan fingerprint density at radius 1 is 1.04 bits per heavy atom. The van der Waals surface area contributed by atoms with Gasteiger partial charge in [0.05, 0.1) is 12.6 Å². The quantitative estimate of drug-likeness (QED) is 0.607. The molecule has 0 saturated carbocycles. The minimum atomic E-state index is 0.366. The number of imidazole rings is 1. The summed E-state index contributed by atoms with van der Waals surface area (Å²) in [5, 5.41) is 0. The summed E-state index contributed by atoms with van der Waals surface area (Å²) in [4.78, 5) is 0. The van der Waals surface area contributed by atoms with Gasteiger partial charge in [-0.2, -0.15) is 0 Å². The normalized spacial score (nSPS) is 23.0. The summed E-state index contributed by atoms with van der Waals surface area (Å²) < 4.78 is 4.95. The fourth-order valence-electron chi connectivity index (χ4n) is 5.34. The van der Waals surface area contributed by atoms with Crippen LogP contribution in [0.15, 0.2) is 65.9 Å². The maximum absolute atomic E-state index is 2.60.